The van der Waals surface area contributed by atoms with Crippen LogP contribution in [0.5, 0.6) is 0 Å². The summed E-state index contributed by atoms with van der Waals surface area (Å²) in [4.78, 5) is 41.5. The molecule has 10 heteroatoms. The Bertz CT molecular complexity index is 763. The van der Waals surface area contributed by atoms with Crippen LogP contribution < -0.4 is 27.4 Å². The van der Waals surface area contributed by atoms with Crippen molar-refractivity contribution < 1.29 is 19.1 Å². The largest absolute Gasteiger partial charge is 0.445 e. The van der Waals surface area contributed by atoms with E-state index in [0.717, 1.165) is 5.56 Å². The predicted molar refractivity (Wildman–Crippen MR) is 123 cm³/mol. The SMILES string of the molecule is CC(C)CC(NC(=O)C(NC(=O)OCc1ccccc1)C(C)C)C(=O)NCCN=C(N)N. The van der Waals surface area contributed by atoms with Gasteiger partial charge in [0.25, 0.3) is 0 Å². The Morgan fingerprint density at radius 2 is 1.66 bits per heavy atom. The summed E-state index contributed by atoms with van der Waals surface area (Å²) in [6.07, 6.45) is -0.270. The molecule has 0 fully saturated rings. The molecule has 0 aliphatic rings. The third kappa shape index (κ3) is 10.6. The molecule has 0 bridgehead atoms. The maximum atomic E-state index is 12.9. The fourth-order valence-corrected chi connectivity index (χ4v) is 2.88. The van der Waals surface area contributed by atoms with Crippen molar-refractivity contribution in [2.45, 2.75) is 52.8 Å². The number of amides is 3. The molecular formula is C22H36N6O4. The number of hydrogen-bond acceptors (Lipinski definition) is 5. The van der Waals surface area contributed by atoms with E-state index in [-0.39, 0.29) is 43.4 Å². The number of ether oxygens (including phenoxy) is 1. The highest BCUT2D eigenvalue weighted by atomic mass is 16.5. The Kier molecular flexibility index (Phi) is 11.6. The maximum absolute atomic E-state index is 12.9. The molecule has 0 aromatic heterocycles. The highest BCUT2D eigenvalue weighted by molar-refractivity contribution is 5.91. The van der Waals surface area contributed by atoms with Crippen LogP contribution in [0.4, 0.5) is 4.79 Å². The first-order valence-corrected chi connectivity index (χ1v) is 10.7. The van der Waals surface area contributed by atoms with E-state index in [0.29, 0.717) is 6.42 Å². The third-order valence-corrected chi connectivity index (χ3v) is 4.48. The van der Waals surface area contributed by atoms with Crippen LogP contribution in [-0.4, -0.2) is 49.0 Å². The second kappa shape index (κ2) is 13.9. The number of rotatable bonds is 12. The molecule has 178 valence electrons. The number of hydrogen-bond donors (Lipinski definition) is 5. The highest BCUT2D eigenvalue weighted by Crippen LogP contribution is 2.09. The maximum Gasteiger partial charge on any atom is 0.408 e. The number of nitrogens with two attached hydrogens (primary N) is 2. The number of guanidine groups is 1. The van der Waals surface area contributed by atoms with Crippen molar-refractivity contribution in [2.75, 3.05) is 13.1 Å². The lowest BCUT2D eigenvalue weighted by Crippen LogP contribution is -2.55. The normalized spacial score (nSPS) is 12.6. The number of nitrogens with one attached hydrogen (secondary N) is 3. The van der Waals surface area contributed by atoms with Gasteiger partial charge in [-0.2, -0.15) is 0 Å². The monoisotopic (exact) mass is 448 g/mol. The number of alkyl carbamates (subject to hydrolysis) is 1. The number of carbonyl (C=O) groups is 3. The van der Waals surface area contributed by atoms with Gasteiger partial charge in [0, 0.05) is 6.54 Å². The minimum absolute atomic E-state index is 0.0590. The van der Waals surface area contributed by atoms with E-state index in [1.54, 1.807) is 13.8 Å². The number of benzene rings is 1. The van der Waals surface area contributed by atoms with E-state index in [1.807, 2.05) is 44.2 Å². The highest BCUT2D eigenvalue weighted by Gasteiger charge is 2.29. The molecule has 0 aliphatic heterocycles. The summed E-state index contributed by atoms with van der Waals surface area (Å²) in [5.74, 6) is -0.918. The van der Waals surface area contributed by atoms with Crippen LogP contribution in [0.25, 0.3) is 0 Å². The summed E-state index contributed by atoms with van der Waals surface area (Å²) in [6, 6.07) is 7.61. The second-order valence-corrected chi connectivity index (χ2v) is 8.22. The Morgan fingerprint density at radius 1 is 1.00 bits per heavy atom. The summed E-state index contributed by atoms with van der Waals surface area (Å²) in [6.45, 7) is 8.06. The van der Waals surface area contributed by atoms with Gasteiger partial charge in [-0.15, -0.1) is 0 Å². The molecule has 0 radical (unpaired) electrons. The van der Waals surface area contributed by atoms with Gasteiger partial charge in [0.1, 0.15) is 18.7 Å². The van der Waals surface area contributed by atoms with Gasteiger partial charge in [-0.25, -0.2) is 4.79 Å². The van der Waals surface area contributed by atoms with Gasteiger partial charge in [0.05, 0.1) is 6.54 Å². The van der Waals surface area contributed by atoms with Crippen LogP contribution >= 0.6 is 0 Å². The van der Waals surface area contributed by atoms with E-state index in [2.05, 4.69) is 20.9 Å². The molecule has 0 saturated carbocycles. The summed E-state index contributed by atoms with van der Waals surface area (Å²) < 4.78 is 5.22. The Hall–Kier alpha value is -3.30. The zero-order valence-electron chi connectivity index (χ0n) is 19.3. The first-order valence-electron chi connectivity index (χ1n) is 10.7. The van der Waals surface area contributed by atoms with Gasteiger partial charge < -0.3 is 32.2 Å². The molecule has 0 spiro atoms. The van der Waals surface area contributed by atoms with Crippen LogP contribution in [0, 0.1) is 11.8 Å². The summed E-state index contributed by atoms with van der Waals surface area (Å²) in [5.41, 5.74) is 11.4. The predicted octanol–water partition coefficient (Wildman–Crippen LogP) is 0.858. The lowest BCUT2D eigenvalue weighted by Gasteiger charge is -2.25. The molecule has 3 amide bonds. The van der Waals surface area contributed by atoms with Gasteiger partial charge in [0.15, 0.2) is 5.96 Å². The van der Waals surface area contributed by atoms with Gasteiger partial charge in [0.2, 0.25) is 11.8 Å². The van der Waals surface area contributed by atoms with Gasteiger partial charge in [-0.1, -0.05) is 58.0 Å². The van der Waals surface area contributed by atoms with E-state index >= 15 is 0 Å². The first kappa shape index (κ1) is 26.7. The summed E-state index contributed by atoms with van der Waals surface area (Å²) >= 11 is 0. The minimum Gasteiger partial charge on any atom is -0.445 e. The van der Waals surface area contributed by atoms with Crippen molar-refractivity contribution in [3.05, 3.63) is 35.9 Å². The average Bonchev–Trinajstić information content (AvgIpc) is 2.72. The fourth-order valence-electron chi connectivity index (χ4n) is 2.88. The van der Waals surface area contributed by atoms with E-state index in [9.17, 15) is 14.4 Å². The molecule has 1 aromatic carbocycles. The van der Waals surface area contributed by atoms with Gasteiger partial charge >= 0.3 is 6.09 Å². The smallest absolute Gasteiger partial charge is 0.408 e. The van der Waals surface area contributed by atoms with Crippen LogP contribution in [0.2, 0.25) is 0 Å². The average molecular weight is 449 g/mol. The zero-order valence-corrected chi connectivity index (χ0v) is 19.3. The van der Waals surface area contributed by atoms with Crippen molar-refractivity contribution >= 4 is 23.9 Å². The van der Waals surface area contributed by atoms with Gasteiger partial charge in [-0.3, -0.25) is 14.6 Å². The van der Waals surface area contributed by atoms with Crippen molar-refractivity contribution in [2.24, 2.45) is 28.3 Å². The fraction of sp³-hybridized carbons (Fsp3) is 0.545. The topological polar surface area (TPSA) is 161 Å². The summed E-state index contributed by atoms with van der Waals surface area (Å²) in [7, 11) is 0. The van der Waals surface area contributed by atoms with Gasteiger partial charge in [-0.05, 0) is 23.8 Å². The molecule has 32 heavy (non-hydrogen) atoms. The van der Waals surface area contributed by atoms with E-state index in [4.69, 9.17) is 16.2 Å². The summed E-state index contributed by atoms with van der Waals surface area (Å²) in [5, 5.41) is 8.06. The molecular weight excluding hydrogens is 412 g/mol. The number of nitrogens with zero attached hydrogens (tertiary/aromatic N) is 1. The second-order valence-electron chi connectivity index (χ2n) is 8.22. The Morgan fingerprint density at radius 3 is 2.22 bits per heavy atom. The molecule has 0 aliphatic carbocycles. The number of carbonyl (C=O) groups excluding carboxylic acids is 3. The molecule has 7 N–H and O–H groups in total. The molecule has 2 unspecified atom stereocenters. The molecule has 1 rings (SSSR count). The quantitative estimate of drug-likeness (QED) is 0.181. The lowest BCUT2D eigenvalue weighted by atomic mass is 10.00. The van der Waals surface area contributed by atoms with Crippen molar-refractivity contribution in [3.63, 3.8) is 0 Å². The first-order chi connectivity index (χ1) is 15.1. The van der Waals surface area contributed by atoms with Crippen molar-refractivity contribution in [1.82, 2.24) is 16.0 Å². The third-order valence-electron chi connectivity index (χ3n) is 4.48. The molecule has 0 saturated heterocycles. The Balaban J connectivity index is 2.70. The van der Waals surface area contributed by atoms with Crippen LogP contribution in [0.1, 0.15) is 39.7 Å². The van der Waals surface area contributed by atoms with Crippen LogP contribution in [0.15, 0.2) is 35.3 Å². The molecule has 1 aromatic rings. The van der Waals surface area contributed by atoms with Crippen molar-refractivity contribution in [3.8, 4) is 0 Å². The standard InChI is InChI=1S/C22H36N6O4/c1-14(2)12-17(19(29)25-10-11-26-21(23)24)27-20(30)18(15(3)4)28-22(31)32-13-16-8-6-5-7-9-16/h5-9,14-15,17-18H,10-13H2,1-4H3,(H,25,29)(H,27,30)(H,28,31)(H4,23,24,26). The lowest BCUT2D eigenvalue weighted by molar-refractivity contribution is -0.130. The van der Waals surface area contributed by atoms with Crippen LogP contribution in [-0.2, 0) is 20.9 Å². The van der Waals surface area contributed by atoms with Crippen molar-refractivity contribution in [1.29, 1.82) is 0 Å². The van der Waals surface area contributed by atoms with E-state index in [1.165, 1.54) is 0 Å². The number of aliphatic imine (C=N–C) groups is 1. The van der Waals surface area contributed by atoms with E-state index < -0.39 is 24.1 Å². The molecule has 0 heterocycles. The molecule has 10 nitrogen and oxygen atoms in total. The Labute approximate surface area is 189 Å². The van der Waals surface area contributed by atoms with Crippen LogP contribution in [0.3, 0.4) is 0 Å². The molecule has 2 atom stereocenters. The zero-order chi connectivity index (χ0) is 24.1. The minimum atomic E-state index is -0.859.